The van der Waals surface area contributed by atoms with Crippen LogP contribution in [0.5, 0.6) is 5.75 Å². The first-order chi connectivity index (χ1) is 10.2. The van der Waals surface area contributed by atoms with Gasteiger partial charge in [0.1, 0.15) is 5.75 Å². The molecule has 0 aromatic heterocycles. The molecule has 0 heterocycles. The fourth-order valence-electron chi connectivity index (χ4n) is 2.48. The van der Waals surface area contributed by atoms with E-state index in [4.69, 9.17) is 4.74 Å². The van der Waals surface area contributed by atoms with Gasteiger partial charge in [0, 0.05) is 6.04 Å². The Balaban J connectivity index is 1.79. The third-order valence-electron chi connectivity index (χ3n) is 4.01. The summed E-state index contributed by atoms with van der Waals surface area (Å²) in [7, 11) is 1.70. The van der Waals surface area contributed by atoms with Crippen molar-refractivity contribution < 1.29 is 4.74 Å². The fourth-order valence-corrected chi connectivity index (χ4v) is 2.48. The maximum atomic E-state index is 5.19. The summed E-state index contributed by atoms with van der Waals surface area (Å²) in [5.74, 6) is 1.49. The van der Waals surface area contributed by atoms with E-state index in [9.17, 15) is 0 Å². The van der Waals surface area contributed by atoms with Crippen molar-refractivity contribution in [3.8, 4) is 5.75 Å². The van der Waals surface area contributed by atoms with Crippen molar-refractivity contribution >= 4 is 0 Å². The van der Waals surface area contributed by atoms with Crippen LogP contribution in [0.25, 0.3) is 0 Å². The van der Waals surface area contributed by atoms with Crippen molar-refractivity contribution in [3.63, 3.8) is 0 Å². The molecule has 2 atom stereocenters. The van der Waals surface area contributed by atoms with E-state index in [0.717, 1.165) is 18.7 Å². The number of hydrogen-bond acceptors (Lipinski definition) is 2. The van der Waals surface area contributed by atoms with E-state index in [2.05, 4.69) is 61.6 Å². The summed E-state index contributed by atoms with van der Waals surface area (Å²) >= 11 is 0. The van der Waals surface area contributed by atoms with E-state index < -0.39 is 0 Å². The highest BCUT2D eigenvalue weighted by Gasteiger charge is 2.07. The van der Waals surface area contributed by atoms with Gasteiger partial charge in [-0.15, -0.1) is 0 Å². The van der Waals surface area contributed by atoms with Gasteiger partial charge >= 0.3 is 0 Å². The van der Waals surface area contributed by atoms with Crippen LogP contribution in [-0.2, 0) is 0 Å². The minimum atomic E-state index is 0.360. The van der Waals surface area contributed by atoms with Gasteiger partial charge in [-0.05, 0) is 49.1 Å². The Morgan fingerprint density at radius 3 is 2.19 bits per heavy atom. The zero-order valence-corrected chi connectivity index (χ0v) is 13.2. The summed E-state index contributed by atoms with van der Waals surface area (Å²) in [4.78, 5) is 0. The minimum absolute atomic E-state index is 0.360. The summed E-state index contributed by atoms with van der Waals surface area (Å²) in [6.07, 6.45) is 1.14. The Labute approximate surface area is 128 Å². The van der Waals surface area contributed by atoms with Crippen LogP contribution in [-0.4, -0.2) is 13.7 Å². The lowest BCUT2D eigenvalue weighted by Crippen LogP contribution is -2.21. The van der Waals surface area contributed by atoms with E-state index in [0.29, 0.717) is 12.0 Å². The van der Waals surface area contributed by atoms with Gasteiger partial charge in [0.15, 0.2) is 0 Å². The third-order valence-corrected chi connectivity index (χ3v) is 4.01. The molecule has 2 aromatic carbocycles. The van der Waals surface area contributed by atoms with Crippen LogP contribution in [0.2, 0.25) is 0 Å². The Kier molecular flexibility index (Phi) is 5.82. The lowest BCUT2D eigenvalue weighted by atomic mass is 9.97. The van der Waals surface area contributed by atoms with Crippen LogP contribution < -0.4 is 10.1 Å². The van der Waals surface area contributed by atoms with Crippen LogP contribution >= 0.6 is 0 Å². The van der Waals surface area contributed by atoms with E-state index in [1.54, 1.807) is 7.11 Å². The predicted octanol–water partition coefficient (Wildman–Crippen LogP) is 4.54. The van der Waals surface area contributed by atoms with Gasteiger partial charge in [-0.2, -0.15) is 0 Å². The standard InChI is InChI=1S/C19H25NO/c1-15(17-7-5-4-6-8-17)13-14-20-16(2)18-9-11-19(21-3)12-10-18/h4-12,15-16,20H,13-14H2,1-3H3/t15?,16-/m0/s1. The Bertz CT molecular complexity index is 521. The lowest BCUT2D eigenvalue weighted by molar-refractivity contribution is 0.414. The SMILES string of the molecule is COc1ccc([C@H](C)NCCC(C)c2ccccc2)cc1. The summed E-state index contributed by atoms with van der Waals surface area (Å²) in [6, 6.07) is 19.3. The summed E-state index contributed by atoms with van der Waals surface area (Å²) in [6.45, 7) is 5.51. The maximum Gasteiger partial charge on any atom is 0.118 e. The van der Waals surface area contributed by atoms with Gasteiger partial charge in [0.2, 0.25) is 0 Å². The Morgan fingerprint density at radius 1 is 0.905 bits per heavy atom. The van der Waals surface area contributed by atoms with Crippen molar-refractivity contribution in [2.75, 3.05) is 13.7 Å². The molecule has 2 heteroatoms. The molecule has 0 aliphatic carbocycles. The highest BCUT2D eigenvalue weighted by atomic mass is 16.5. The second-order valence-electron chi connectivity index (χ2n) is 5.55. The molecule has 1 N–H and O–H groups in total. The van der Waals surface area contributed by atoms with Gasteiger partial charge in [-0.3, -0.25) is 0 Å². The van der Waals surface area contributed by atoms with Crippen molar-refractivity contribution in [1.29, 1.82) is 0 Å². The molecular weight excluding hydrogens is 258 g/mol. The fraction of sp³-hybridized carbons (Fsp3) is 0.368. The molecule has 2 rings (SSSR count). The quantitative estimate of drug-likeness (QED) is 0.805. The van der Waals surface area contributed by atoms with Crippen molar-refractivity contribution in [1.82, 2.24) is 5.32 Å². The van der Waals surface area contributed by atoms with Gasteiger partial charge in [-0.1, -0.05) is 49.4 Å². The normalized spacial score (nSPS) is 13.7. The van der Waals surface area contributed by atoms with E-state index >= 15 is 0 Å². The molecule has 0 saturated heterocycles. The molecule has 2 aromatic rings. The second-order valence-corrected chi connectivity index (χ2v) is 5.55. The highest BCUT2D eigenvalue weighted by molar-refractivity contribution is 5.28. The molecule has 21 heavy (non-hydrogen) atoms. The van der Waals surface area contributed by atoms with Gasteiger partial charge in [0.05, 0.1) is 7.11 Å². The van der Waals surface area contributed by atoms with Crippen molar-refractivity contribution in [2.24, 2.45) is 0 Å². The molecule has 0 aliphatic heterocycles. The van der Waals surface area contributed by atoms with Crippen LogP contribution in [0.3, 0.4) is 0 Å². The number of ether oxygens (including phenoxy) is 1. The monoisotopic (exact) mass is 283 g/mol. The largest absolute Gasteiger partial charge is 0.497 e. The zero-order valence-electron chi connectivity index (χ0n) is 13.2. The van der Waals surface area contributed by atoms with Crippen molar-refractivity contribution in [3.05, 3.63) is 65.7 Å². The maximum absolute atomic E-state index is 5.19. The number of hydrogen-bond donors (Lipinski definition) is 1. The molecule has 0 saturated carbocycles. The third kappa shape index (κ3) is 4.61. The topological polar surface area (TPSA) is 21.3 Å². The Hall–Kier alpha value is -1.80. The molecule has 0 fully saturated rings. The average Bonchev–Trinajstić information content (AvgIpc) is 2.55. The number of rotatable bonds is 7. The second kappa shape index (κ2) is 7.84. The minimum Gasteiger partial charge on any atom is -0.497 e. The summed E-state index contributed by atoms with van der Waals surface area (Å²) in [5.41, 5.74) is 2.71. The van der Waals surface area contributed by atoms with Gasteiger partial charge in [-0.25, -0.2) is 0 Å². The van der Waals surface area contributed by atoms with Crippen LogP contribution in [0.1, 0.15) is 43.4 Å². The molecule has 0 spiro atoms. The van der Waals surface area contributed by atoms with Crippen molar-refractivity contribution in [2.45, 2.75) is 32.2 Å². The average molecular weight is 283 g/mol. The van der Waals surface area contributed by atoms with E-state index in [1.807, 2.05) is 12.1 Å². The molecule has 0 amide bonds. The first-order valence-electron chi connectivity index (χ1n) is 7.63. The van der Waals surface area contributed by atoms with Crippen LogP contribution in [0.15, 0.2) is 54.6 Å². The predicted molar refractivity (Wildman–Crippen MR) is 88.9 cm³/mol. The van der Waals surface area contributed by atoms with Gasteiger partial charge in [0.25, 0.3) is 0 Å². The zero-order chi connectivity index (χ0) is 15.1. The summed E-state index contributed by atoms with van der Waals surface area (Å²) in [5, 5.41) is 3.60. The molecular formula is C19H25NO. The summed E-state index contributed by atoms with van der Waals surface area (Å²) < 4.78 is 5.19. The molecule has 112 valence electrons. The van der Waals surface area contributed by atoms with Gasteiger partial charge < -0.3 is 10.1 Å². The highest BCUT2D eigenvalue weighted by Crippen LogP contribution is 2.20. The number of benzene rings is 2. The molecule has 2 nitrogen and oxygen atoms in total. The van der Waals surface area contributed by atoms with E-state index in [1.165, 1.54) is 11.1 Å². The van der Waals surface area contributed by atoms with Crippen LogP contribution in [0, 0.1) is 0 Å². The number of methoxy groups -OCH3 is 1. The lowest BCUT2D eigenvalue weighted by Gasteiger charge is -2.17. The smallest absolute Gasteiger partial charge is 0.118 e. The molecule has 0 bridgehead atoms. The number of nitrogens with one attached hydrogen (secondary N) is 1. The van der Waals surface area contributed by atoms with E-state index in [-0.39, 0.29) is 0 Å². The molecule has 0 aliphatic rings. The van der Waals surface area contributed by atoms with Crippen LogP contribution in [0.4, 0.5) is 0 Å². The molecule has 1 unspecified atom stereocenters. The molecule has 0 radical (unpaired) electrons. The first kappa shape index (κ1) is 15.6. The Morgan fingerprint density at radius 2 is 1.57 bits per heavy atom. The first-order valence-corrected chi connectivity index (χ1v) is 7.63.